The van der Waals surface area contributed by atoms with Gasteiger partial charge in [0.2, 0.25) is 0 Å². The molecular formula is C17H24Cl2N4O2S. The summed E-state index contributed by atoms with van der Waals surface area (Å²) in [5, 5.41) is 4.54. The molecule has 6 nitrogen and oxygen atoms in total. The van der Waals surface area contributed by atoms with E-state index in [0.717, 1.165) is 36.8 Å². The first-order valence-electron chi connectivity index (χ1n) is 8.43. The number of thioether (sulfide) groups is 1. The van der Waals surface area contributed by atoms with Crippen LogP contribution >= 0.6 is 36.6 Å². The first-order valence-corrected chi connectivity index (χ1v) is 9.42. The van der Waals surface area contributed by atoms with Crippen molar-refractivity contribution in [3.8, 4) is 0 Å². The van der Waals surface area contributed by atoms with Crippen molar-refractivity contribution in [1.82, 2.24) is 19.8 Å². The molecule has 2 aliphatic rings. The van der Waals surface area contributed by atoms with Gasteiger partial charge in [0.05, 0.1) is 5.75 Å². The van der Waals surface area contributed by atoms with Gasteiger partial charge < -0.3 is 19.2 Å². The zero-order chi connectivity index (χ0) is 16.5. The van der Waals surface area contributed by atoms with E-state index in [4.69, 9.17) is 4.42 Å². The third kappa shape index (κ3) is 4.57. The van der Waals surface area contributed by atoms with E-state index < -0.39 is 0 Å². The number of carbonyl (C=O) groups excluding carboxylic acids is 1. The first-order chi connectivity index (χ1) is 11.7. The molecule has 2 unspecified atom stereocenters. The number of fused-ring (bicyclic) bond motifs is 2. The molecule has 2 aromatic heterocycles. The maximum Gasteiger partial charge on any atom is 0.289 e. The van der Waals surface area contributed by atoms with Crippen LogP contribution < -0.4 is 5.32 Å². The maximum absolute atomic E-state index is 12.7. The third-order valence-corrected chi connectivity index (χ3v) is 5.88. The Morgan fingerprint density at radius 1 is 1.31 bits per heavy atom. The van der Waals surface area contributed by atoms with Gasteiger partial charge in [-0.15, -0.1) is 24.8 Å². The second kappa shape index (κ2) is 9.17. The molecule has 1 amide bonds. The van der Waals surface area contributed by atoms with Crippen molar-refractivity contribution in [3.63, 3.8) is 0 Å². The summed E-state index contributed by atoms with van der Waals surface area (Å²) in [6.45, 7) is 1.60. The van der Waals surface area contributed by atoms with Gasteiger partial charge in [-0.1, -0.05) is 11.8 Å². The number of nitrogens with zero attached hydrogens (tertiary/aromatic N) is 3. The van der Waals surface area contributed by atoms with Crippen LogP contribution in [0.25, 0.3) is 0 Å². The zero-order valence-electron chi connectivity index (χ0n) is 14.6. The summed E-state index contributed by atoms with van der Waals surface area (Å²) in [6.07, 6.45) is 7.13. The van der Waals surface area contributed by atoms with Crippen LogP contribution in [0.4, 0.5) is 0 Å². The fourth-order valence-electron chi connectivity index (χ4n) is 3.48. The Hall–Kier alpha value is -1.15. The maximum atomic E-state index is 12.7. The summed E-state index contributed by atoms with van der Waals surface area (Å²) in [7, 11) is 1.97. The van der Waals surface area contributed by atoms with Gasteiger partial charge in [-0.2, -0.15) is 0 Å². The summed E-state index contributed by atoms with van der Waals surface area (Å²) < 4.78 is 7.76. The molecule has 2 atom stereocenters. The molecule has 2 saturated heterocycles. The number of nitrogens with one attached hydrogen (secondary N) is 1. The zero-order valence-corrected chi connectivity index (χ0v) is 17.0. The number of imidazole rings is 1. The lowest BCUT2D eigenvalue weighted by Gasteiger charge is -2.23. The van der Waals surface area contributed by atoms with E-state index in [2.05, 4.69) is 10.3 Å². The molecule has 0 spiro atoms. The van der Waals surface area contributed by atoms with Gasteiger partial charge in [-0.05, 0) is 31.4 Å². The quantitative estimate of drug-likeness (QED) is 0.772. The van der Waals surface area contributed by atoms with Gasteiger partial charge in [-0.3, -0.25) is 4.79 Å². The topological polar surface area (TPSA) is 63.3 Å². The SMILES string of the molecule is Cl.Cl.Cn1ccnc1SCc1ccc(C(=O)N2CCC3CCC(C2)N3)o1. The lowest BCUT2D eigenvalue weighted by molar-refractivity contribution is 0.0714. The minimum absolute atomic E-state index is 0. The Kier molecular flexibility index (Phi) is 7.46. The number of likely N-dealkylation sites (tertiary alicyclic amines) is 1. The molecule has 1 N–H and O–H groups in total. The Balaban J connectivity index is 0.00000121. The highest BCUT2D eigenvalue weighted by molar-refractivity contribution is 7.98. The predicted molar refractivity (Wildman–Crippen MR) is 106 cm³/mol. The summed E-state index contributed by atoms with van der Waals surface area (Å²) in [4.78, 5) is 18.9. The van der Waals surface area contributed by atoms with E-state index >= 15 is 0 Å². The van der Waals surface area contributed by atoms with Crippen LogP contribution in [0, 0.1) is 0 Å². The second-order valence-electron chi connectivity index (χ2n) is 6.55. The highest BCUT2D eigenvalue weighted by atomic mass is 35.5. The Labute approximate surface area is 169 Å². The minimum atomic E-state index is 0. The number of amides is 1. The fourth-order valence-corrected chi connectivity index (χ4v) is 4.31. The van der Waals surface area contributed by atoms with Crippen molar-refractivity contribution in [2.45, 2.75) is 42.3 Å². The lowest BCUT2D eigenvalue weighted by atomic mass is 10.1. The first kappa shape index (κ1) is 21.2. The van der Waals surface area contributed by atoms with Crippen molar-refractivity contribution in [3.05, 3.63) is 36.0 Å². The molecule has 0 radical (unpaired) electrons. The summed E-state index contributed by atoms with van der Waals surface area (Å²) in [5.41, 5.74) is 0. The molecule has 4 heterocycles. The number of aryl methyl sites for hydroxylation is 1. The van der Waals surface area contributed by atoms with Crippen LogP contribution in [-0.2, 0) is 12.8 Å². The number of hydrogen-bond acceptors (Lipinski definition) is 5. The monoisotopic (exact) mass is 418 g/mol. The lowest BCUT2D eigenvalue weighted by Crippen LogP contribution is -2.38. The minimum Gasteiger partial charge on any atom is -0.455 e. The predicted octanol–water partition coefficient (Wildman–Crippen LogP) is 3.12. The van der Waals surface area contributed by atoms with Gasteiger partial charge in [0.1, 0.15) is 5.76 Å². The normalized spacial score (nSPS) is 21.7. The number of carbonyl (C=O) groups is 1. The molecule has 2 aliphatic heterocycles. The van der Waals surface area contributed by atoms with E-state index in [1.807, 2.05) is 28.8 Å². The number of hydrogen-bond donors (Lipinski definition) is 1. The molecule has 0 saturated carbocycles. The van der Waals surface area contributed by atoms with Crippen molar-refractivity contribution >= 4 is 42.5 Å². The Morgan fingerprint density at radius 2 is 2.12 bits per heavy atom. The summed E-state index contributed by atoms with van der Waals surface area (Å²) >= 11 is 1.60. The van der Waals surface area contributed by atoms with E-state index in [1.165, 1.54) is 6.42 Å². The average molecular weight is 419 g/mol. The van der Waals surface area contributed by atoms with Gasteiger partial charge in [0.25, 0.3) is 5.91 Å². The third-order valence-electron chi connectivity index (χ3n) is 4.80. The van der Waals surface area contributed by atoms with E-state index in [1.54, 1.807) is 24.0 Å². The second-order valence-corrected chi connectivity index (χ2v) is 7.50. The van der Waals surface area contributed by atoms with Gasteiger partial charge in [-0.25, -0.2) is 4.98 Å². The van der Waals surface area contributed by atoms with Crippen LogP contribution in [0.1, 0.15) is 35.6 Å². The molecule has 26 heavy (non-hydrogen) atoms. The molecule has 0 aliphatic carbocycles. The van der Waals surface area contributed by atoms with Crippen LogP contribution in [0.3, 0.4) is 0 Å². The van der Waals surface area contributed by atoms with Crippen molar-refractivity contribution in [2.75, 3.05) is 13.1 Å². The largest absolute Gasteiger partial charge is 0.455 e. The van der Waals surface area contributed by atoms with Crippen molar-refractivity contribution in [2.24, 2.45) is 7.05 Å². The van der Waals surface area contributed by atoms with Crippen LogP contribution in [0.2, 0.25) is 0 Å². The molecular weight excluding hydrogens is 395 g/mol. The molecule has 4 rings (SSSR count). The number of furan rings is 1. The van der Waals surface area contributed by atoms with Crippen LogP contribution in [-0.4, -0.2) is 45.5 Å². The molecule has 9 heteroatoms. The molecule has 2 aromatic rings. The molecule has 0 aromatic carbocycles. The van der Waals surface area contributed by atoms with Crippen molar-refractivity contribution < 1.29 is 9.21 Å². The van der Waals surface area contributed by atoms with Crippen LogP contribution in [0.5, 0.6) is 0 Å². The van der Waals surface area contributed by atoms with Crippen LogP contribution in [0.15, 0.2) is 34.1 Å². The summed E-state index contributed by atoms with van der Waals surface area (Å²) in [5.74, 6) is 1.94. The Morgan fingerprint density at radius 3 is 2.88 bits per heavy atom. The highest BCUT2D eigenvalue weighted by Crippen LogP contribution is 2.24. The van der Waals surface area contributed by atoms with E-state index in [0.29, 0.717) is 23.6 Å². The smallest absolute Gasteiger partial charge is 0.289 e. The summed E-state index contributed by atoms with van der Waals surface area (Å²) in [6, 6.07) is 4.71. The molecule has 2 fully saturated rings. The average Bonchev–Trinajstić information content (AvgIpc) is 3.26. The molecule has 2 bridgehead atoms. The standard InChI is InChI=1S/C17H22N4O2S.2ClH/c1-20-9-7-18-17(20)24-11-14-4-5-15(23-14)16(22)21-8-6-12-2-3-13(10-21)19-12;;/h4-5,7,9,12-13,19H,2-3,6,8,10-11H2,1H3;2*1H. The van der Waals surface area contributed by atoms with Gasteiger partial charge in [0.15, 0.2) is 10.9 Å². The van der Waals surface area contributed by atoms with E-state index in [-0.39, 0.29) is 30.7 Å². The number of aromatic nitrogens is 2. The van der Waals surface area contributed by atoms with Crippen molar-refractivity contribution in [1.29, 1.82) is 0 Å². The number of halogens is 2. The Bertz CT molecular complexity index is 736. The van der Waals surface area contributed by atoms with E-state index in [9.17, 15) is 4.79 Å². The highest BCUT2D eigenvalue weighted by Gasteiger charge is 2.32. The van der Waals surface area contributed by atoms with Gasteiger partial charge >= 0.3 is 0 Å². The van der Waals surface area contributed by atoms with Gasteiger partial charge in [0, 0.05) is 44.6 Å². The number of rotatable bonds is 4. The molecule has 144 valence electrons. The fraction of sp³-hybridized carbons (Fsp3) is 0.529.